The number of thiophene rings is 1. The molecule has 1 N–H and O–H groups in total. The van der Waals surface area contributed by atoms with Crippen LogP contribution in [0.1, 0.15) is 42.5 Å². The van der Waals surface area contributed by atoms with Gasteiger partial charge in [0.25, 0.3) is 0 Å². The Labute approximate surface area is 149 Å². The van der Waals surface area contributed by atoms with Gasteiger partial charge in [-0.3, -0.25) is 9.48 Å². The Bertz CT molecular complexity index is 868. The van der Waals surface area contributed by atoms with Crippen LogP contribution in [0.5, 0.6) is 0 Å². The van der Waals surface area contributed by atoms with Crippen LogP contribution in [0.2, 0.25) is 0 Å². The summed E-state index contributed by atoms with van der Waals surface area (Å²) in [5.41, 5.74) is 2.36. The van der Waals surface area contributed by atoms with Crippen molar-refractivity contribution in [3.05, 3.63) is 40.9 Å². The van der Waals surface area contributed by atoms with Gasteiger partial charge in [-0.25, -0.2) is 0 Å². The first-order valence-corrected chi connectivity index (χ1v) is 9.25. The van der Waals surface area contributed by atoms with Crippen LogP contribution in [-0.4, -0.2) is 25.8 Å². The Morgan fingerprint density at radius 1 is 1.52 bits per heavy atom. The molecule has 1 atom stereocenters. The quantitative estimate of drug-likeness (QED) is 0.759. The smallest absolute Gasteiger partial charge is 0.227 e. The number of nitrogens with one attached hydrogen (secondary N) is 1. The predicted molar refractivity (Wildman–Crippen MR) is 93.0 cm³/mol. The van der Waals surface area contributed by atoms with E-state index in [0.717, 1.165) is 29.7 Å². The number of aromatic nitrogens is 4. The summed E-state index contributed by atoms with van der Waals surface area (Å²) in [6.45, 7) is 0. The van der Waals surface area contributed by atoms with Crippen LogP contribution in [-0.2, 0) is 24.7 Å². The third kappa shape index (κ3) is 3.34. The highest BCUT2D eigenvalue weighted by Crippen LogP contribution is 2.29. The molecule has 0 radical (unpaired) electrons. The van der Waals surface area contributed by atoms with E-state index in [1.54, 1.807) is 11.3 Å². The summed E-state index contributed by atoms with van der Waals surface area (Å²) in [7, 11) is 1.95. The van der Waals surface area contributed by atoms with Crippen molar-refractivity contribution in [1.29, 1.82) is 0 Å². The molecule has 1 amide bonds. The molecule has 1 aliphatic carbocycles. The van der Waals surface area contributed by atoms with Crippen molar-refractivity contribution in [2.24, 2.45) is 7.05 Å². The SMILES string of the molecule is Cn1ncc2c1CCC[C@@H]2NC(=O)CCc1nc(-c2cccs2)no1. The Hall–Kier alpha value is -2.48. The molecule has 0 aromatic carbocycles. The first kappa shape index (κ1) is 16.0. The number of carbonyl (C=O) groups is 1. The molecule has 1 aliphatic rings. The van der Waals surface area contributed by atoms with Crippen LogP contribution in [0.4, 0.5) is 0 Å². The van der Waals surface area contributed by atoms with Gasteiger partial charge >= 0.3 is 0 Å². The van der Waals surface area contributed by atoms with E-state index < -0.39 is 0 Å². The fourth-order valence-electron chi connectivity index (χ4n) is 3.21. The fraction of sp³-hybridized carbons (Fsp3) is 0.412. The molecule has 3 aromatic rings. The molecular formula is C17H19N5O2S. The van der Waals surface area contributed by atoms with Crippen molar-refractivity contribution in [1.82, 2.24) is 25.2 Å². The van der Waals surface area contributed by atoms with Crippen molar-refractivity contribution in [2.45, 2.75) is 38.1 Å². The summed E-state index contributed by atoms with van der Waals surface area (Å²) in [5, 5.41) is 13.4. The van der Waals surface area contributed by atoms with Gasteiger partial charge in [0, 0.05) is 31.1 Å². The summed E-state index contributed by atoms with van der Waals surface area (Å²) in [6, 6.07) is 3.94. The normalized spacial score (nSPS) is 16.6. The van der Waals surface area contributed by atoms with Gasteiger partial charge in [-0.15, -0.1) is 11.3 Å². The fourth-order valence-corrected chi connectivity index (χ4v) is 3.85. The van der Waals surface area contributed by atoms with Gasteiger partial charge in [-0.2, -0.15) is 10.1 Å². The van der Waals surface area contributed by atoms with E-state index in [1.807, 2.05) is 35.4 Å². The highest BCUT2D eigenvalue weighted by atomic mass is 32.1. The minimum Gasteiger partial charge on any atom is -0.349 e. The lowest BCUT2D eigenvalue weighted by Crippen LogP contribution is -2.31. The molecule has 3 heterocycles. The zero-order valence-corrected chi connectivity index (χ0v) is 14.8. The Kier molecular flexibility index (Phi) is 4.35. The molecule has 3 aromatic heterocycles. The van der Waals surface area contributed by atoms with Crippen molar-refractivity contribution >= 4 is 17.2 Å². The molecule has 0 unspecified atom stereocenters. The van der Waals surface area contributed by atoms with E-state index in [0.29, 0.717) is 24.6 Å². The molecule has 25 heavy (non-hydrogen) atoms. The number of hydrogen-bond acceptors (Lipinski definition) is 6. The third-order valence-corrected chi connectivity index (χ3v) is 5.35. The molecular weight excluding hydrogens is 338 g/mol. The summed E-state index contributed by atoms with van der Waals surface area (Å²) in [6.07, 6.45) is 5.67. The molecule has 0 aliphatic heterocycles. The lowest BCUT2D eigenvalue weighted by Gasteiger charge is -2.23. The molecule has 130 valence electrons. The molecule has 7 nitrogen and oxygen atoms in total. The van der Waals surface area contributed by atoms with Gasteiger partial charge in [-0.1, -0.05) is 11.2 Å². The number of amides is 1. The maximum Gasteiger partial charge on any atom is 0.227 e. The number of nitrogens with zero attached hydrogens (tertiary/aromatic N) is 4. The number of rotatable bonds is 5. The van der Waals surface area contributed by atoms with E-state index in [-0.39, 0.29) is 11.9 Å². The van der Waals surface area contributed by atoms with Gasteiger partial charge in [0.05, 0.1) is 17.1 Å². The van der Waals surface area contributed by atoms with Crippen molar-refractivity contribution in [3.8, 4) is 10.7 Å². The van der Waals surface area contributed by atoms with Crippen LogP contribution in [0.15, 0.2) is 28.2 Å². The first-order chi connectivity index (χ1) is 12.2. The molecule has 0 bridgehead atoms. The second-order valence-corrected chi connectivity index (χ2v) is 7.12. The predicted octanol–water partition coefficient (Wildman–Crippen LogP) is 2.66. The zero-order valence-electron chi connectivity index (χ0n) is 13.9. The van der Waals surface area contributed by atoms with Crippen LogP contribution in [0.3, 0.4) is 0 Å². The molecule has 0 spiro atoms. The highest BCUT2D eigenvalue weighted by molar-refractivity contribution is 7.13. The van der Waals surface area contributed by atoms with Gasteiger partial charge in [0.1, 0.15) is 0 Å². The van der Waals surface area contributed by atoms with Crippen LogP contribution in [0.25, 0.3) is 10.7 Å². The number of carbonyl (C=O) groups excluding carboxylic acids is 1. The largest absolute Gasteiger partial charge is 0.349 e. The van der Waals surface area contributed by atoms with E-state index >= 15 is 0 Å². The average molecular weight is 357 g/mol. The average Bonchev–Trinajstić information content (AvgIpc) is 3.34. The minimum atomic E-state index is -0.00224. The molecule has 0 fully saturated rings. The number of aryl methyl sites for hydroxylation is 2. The molecule has 4 rings (SSSR count). The summed E-state index contributed by atoms with van der Waals surface area (Å²) in [4.78, 5) is 17.6. The molecule has 8 heteroatoms. The standard InChI is InChI=1S/C17H19N5O2S/c1-22-13-5-2-4-12(11(13)10-18-22)19-15(23)7-8-16-20-17(21-24-16)14-6-3-9-25-14/h3,6,9-10,12H,2,4-5,7-8H2,1H3,(H,19,23)/t12-/m0/s1. The van der Waals surface area contributed by atoms with E-state index in [2.05, 4.69) is 20.6 Å². The minimum absolute atomic E-state index is 0.00224. The maximum atomic E-state index is 12.3. The van der Waals surface area contributed by atoms with Crippen LogP contribution >= 0.6 is 11.3 Å². The maximum absolute atomic E-state index is 12.3. The summed E-state index contributed by atoms with van der Waals surface area (Å²) < 4.78 is 7.14. The Morgan fingerprint density at radius 2 is 2.44 bits per heavy atom. The van der Waals surface area contributed by atoms with Crippen molar-refractivity contribution < 1.29 is 9.32 Å². The summed E-state index contributed by atoms with van der Waals surface area (Å²) >= 11 is 1.56. The number of fused-ring (bicyclic) bond motifs is 1. The van der Waals surface area contributed by atoms with Gasteiger partial charge < -0.3 is 9.84 Å². The van der Waals surface area contributed by atoms with Crippen molar-refractivity contribution in [3.63, 3.8) is 0 Å². The monoisotopic (exact) mass is 357 g/mol. The summed E-state index contributed by atoms with van der Waals surface area (Å²) in [5.74, 6) is 1.07. The van der Waals surface area contributed by atoms with Crippen LogP contribution < -0.4 is 5.32 Å². The second kappa shape index (κ2) is 6.79. The van der Waals surface area contributed by atoms with Gasteiger partial charge in [0.15, 0.2) is 0 Å². The van der Waals surface area contributed by atoms with Crippen molar-refractivity contribution in [2.75, 3.05) is 0 Å². The third-order valence-electron chi connectivity index (χ3n) is 4.49. The second-order valence-electron chi connectivity index (χ2n) is 6.17. The zero-order chi connectivity index (χ0) is 17.2. The Morgan fingerprint density at radius 3 is 3.28 bits per heavy atom. The van der Waals surface area contributed by atoms with Gasteiger partial charge in [-0.05, 0) is 30.7 Å². The van der Waals surface area contributed by atoms with Gasteiger partial charge in [0.2, 0.25) is 17.6 Å². The lowest BCUT2D eigenvalue weighted by atomic mass is 9.93. The highest BCUT2D eigenvalue weighted by Gasteiger charge is 2.24. The molecule has 0 saturated heterocycles. The van der Waals surface area contributed by atoms with E-state index in [4.69, 9.17) is 4.52 Å². The van der Waals surface area contributed by atoms with E-state index in [1.165, 1.54) is 5.69 Å². The van der Waals surface area contributed by atoms with E-state index in [9.17, 15) is 4.79 Å². The lowest BCUT2D eigenvalue weighted by molar-refractivity contribution is -0.122. The molecule has 0 saturated carbocycles. The Balaban J connectivity index is 1.34. The number of hydrogen-bond donors (Lipinski definition) is 1. The first-order valence-electron chi connectivity index (χ1n) is 8.37. The topological polar surface area (TPSA) is 85.8 Å². The van der Waals surface area contributed by atoms with Crippen LogP contribution in [0, 0.1) is 0 Å².